The van der Waals surface area contributed by atoms with Gasteiger partial charge in [0.05, 0.1) is 19.8 Å². The van der Waals surface area contributed by atoms with Gasteiger partial charge >= 0.3 is 42.3 Å². The fourth-order valence-corrected chi connectivity index (χ4v) is 13.1. The molecule has 5 atom stereocenters. The maximum Gasteiger partial charge on any atom is 0.408 e. The molecule has 4 aromatic carbocycles. The van der Waals surface area contributed by atoms with Gasteiger partial charge in [-0.15, -0.1) is 0 Å². The number of hydrogen-bond acceptors (Lipinski definition) is 19. The maximum absolute atomic E-state index is 14.5. The molecule has 0 heterocycles. The summed E-state index contributed by atoms with van der Waals surface area (Å²) in [5.74, 6) is -5.07. The third-order valence-corrected chi connectivity index (χ3v) is 19.1. The molecule has 28 heteroatoms. The first kappa shape index (κ1) is 92.6. The lowest BCUT2D eigenvalue weighted by Crippen LogP contribution is -2.54. The van der Waals surface area contributed by atoms with Crippen molar-refractivity contribution in [2.75, 3.05) is 59.2 Å². The summed E-state index contributed by atoms with van der Waals surface area (Å²) in [4.78, 5) is 161. The van der Waals surface area contributed by atoms with Crippen LogP contribution in [0.4, 0.5) is 19.2 Å². The van der Waals surface area contributed by atoms with Gasteiger partial charge < -0.3 is 81.0 Å². The van der Waals surface area contributed by atoms with Gasteiger partial charge in [0, 0.05) is 57.3 Å². The summed E-state index contributed by atoms with van der Waals surface area (Å²) in [6.45, 7) is 17.3. The van der Waals surface area contributed by atoms with Gasteiger partial charge in [-0.3, -0.25) is 28.8 Å². The van der Waals surface area contributed by atoms with Crippen LogP contribution in [0.5, 0.6) is 0 Å². The lowest BCUT2D eigenvalue weighted by Gasteiger charge is -2.25. The van der Waals surface area contributed by atoms with Crippen LogP contribution in [-0.4, -0.2) is 172 Å². The summed E-state index contributed by atoms with van der Waals surface area (Å²) >= 11 is 0. The first-order valence-electron chi connectivity index (χ1n) is 40.8. The van der Waals surface area contributed by atoms with Gasteiger partial charge in [0.1, 0.15) is 54.6 Å². The summed E-state index contributed by atoms with van der Waals surface area (Å²) in [5, 5.41) is 24.9. The molecule has 0 fully saturated rings. The lowest BCUT2D eigenvalue weighted by molar-refractivity contribution is -0.150. The molecule has 0 saturated carbocycles. The number of fused-ring (bicyclic) bond motifs is 6. The van der Waals surface area contributed by atoms with Crippen molar-refractivity contribution in [1.29, 1.82) is 0 Å². The standard InChI is InChI=1S/C86H123N9O19/c1-10-13-53-108-75(98)48-46-72(80(103)110-55-15-12-3)92-74(97)47-45-71(79(102)109-54-14-11-2)91-73(96)44-17-16-29-49-87-76(99)68(93-78(101)70(95-84(107)114-86(7,8)9)43-28-32-52-90-82(105)112-57-67-64-39-24-20-35-60(64)61-36-21-25-40-65(61)67)41-26-30-50-88-77(100)69(94-83(106)113-85(4,5)6)42-27-31-51-89-81(104)111-56-66-62-37-22-18-33-58(62)59-34-19-23-38-63(59)66/h18-25,33-40,66-72H,10-17,26-32,41-57H2,1-9H3,(H,87,99)(H,88,100)(H,89,104)(H,90,105)(H,91,96)(H,92,97)(H,93,101)(H,94,106)(H,95,107). The maximum atomic E-state index is 14.5. The molecule has 5 unspecified atom stereocenters. The van der Waals surface area contributed by atoms with Gasteiger partial charge in [-0.25, -0.2) is 28.8 Å². The minimum Gasteiger partial charge on any atom is -0.466 e. The second kappa shape index (κ2) is 49.4. The fourth-order valence-electron chi connectivity index (χ4n) is 13.1. The predicted octanol–water partition coefficient (Wildman–Crippen LogP) is 12.2. The number of esters is 3. The van der Waals surface area contributed by atoms with Crippen LogP contribution in [0, 0.1) is 0 Å². The molecule has 9 amide bonds. The molecule has 0 radical (unpaired) electrons. The van der Waals surface area contributed by atoms with Crippen molar-refractivity contribution < 1.29 is 90.7 Å². The zero-order valence-electron chi connectivity index (χ0n) is 68.2. The van der Waals surface area contributed by atoms with Gasteiger partial charge in [-0.05, 0) is 189 Å². The largest absolute Gasteiger partial charge is 0.466 e. The van der Waals surface area contributed by atoms with E-state index in [9.17, 15) is 57.5 Å². The Hall–Kier alpha value is -10.3. The fraction of sp³-hybridized carbons (Fsp3) is 0.581. The molecule has 6 rings (SSSR count). The Morgan fingerprint density at radius 1 is 0.325 bits per heavy atom. The molecule has 9 N–H and O–H groups in total. The Morgan fingerprint density at radius 2 is 0.667 bits per heavy atom. The predicted molar refractivity (Wildman–Crippen MR) is 430 cm³/mol. The highest BCUT2D eigenvalue weighted by Gasteiger charge is 2.34. The molecule has 0 saturated heterocycles. The number of amides is 9. The van der Waals surface area contributed by atoms with Crippen molar-refractivity contribution in [3.8, 4) is 22.3 Å². The summed E-state index contributed by atoms with van der Waals surface area (Å²) in [6.07, 6.45) is 4.22. The number of rotatable bonds is 50. The van der Waals surface area contributed by atoms with Crippen LogP contribution in [0.3, 0.4) is 0 Å². The van der Waals surface area contributed by atoms with Gasteiger partial charge in [0.25, 0.3) is 0 Å². The minimum absolute atomic E-state index is 0.0351. The van der Waals surface area contributed by atoms with Crippen molar-refractivity contribution in [2.45, 2.75) is 263 Å². The third kappa shape index (κ3) is 33.4. The van der Waals surface area contributed by atoms with Crippen LogP contribution in [0.15, 0.2) is 97.1 Å². The van der Waals surface area contributed by atoms with Crippen molar-refractivity contribution >= 4 is 71.8 Å². The SMILES string of the molecule is CCCCOC(=O)CCC(NC(=O)CCC(NC(=O)CCCCCNC(=O)C(CCCCNC(=O)C(CCCCNC(=O)OCC1c2ccccc2-c2ccccc21)NC(=O)OC(C)(C)C)NC(=O)C(CCCCNC(=O)OCC1c2ccccc2-c2ccccc21)NC(=O)OC(C)(C)C)C(=O)OCCCC)C(=O)OCCCC. The van der Waals surface area contributed by atoms with E-state index in [2.05, 4.69) is 60.0 Å². The monoisotopic (exact) mass is 1590 g/mol. The Morgan fingerprint density at radius 3 is 1.06 bits per heavy atom. The zero-order chi connectivity index (χ0) is 82.8. The number of nitrogens with one attached hydrogen (secondary N) is 9. The topological polar surface area (TPSA) is 378 Å². The molecular formula is C86H123N9O19. The first-order valence-corrected chi connectivity index (χ1v) is 40.8. The highest BCUT2D eigenvalue weighted by molar-refractivity contribution is 5.92. The van der Waals surface area contributed by atoms with Gasteiger partial charge in [-0.2, -0.15) is 0 Å². The van der Waals surface area contributed by atoms with E-state index >= 15 is 0 Å². The van der Waals surface area contributed by atoms with E-state index in [0.717, 1.165) is 63.8 Å². The number of hydrogen-bond donors (Lipinski definition) is 9. The van der Waals surface area contributed by atoms with E-state index in [1.165, 1.54) is 0 Å². The van der Waals surface area contributed by atoms with Crippen LogP contribution in [0.2, 0.25) is 0 Å². The van der Waals surface area contributed by atoms with E-state index in [0.29, 0.717) is 70.6 Å². The first-order chi connectivity index (χ1) is 54.7. The third-order valence-electron chi connectivity index (χ3n) is 19.1. The van der Waals surface area contributed by atoms with Crippen molar-refractivity contribution in [2.24, 2.45) is 0 Å². The number of carbonyl (C=O) groups excluding carboxylic acids is 12. The molecule has 626 valence electrons. The van der Waals surface area contributed by atoms with Crippen molar-refractivity contribution in [3.05, 3.63) is 119 Å². The van der Waals surface area contributed by atoms with E-state index in [1.807, 2.05) is 106 Å². The Kier molecular flexibility index (Phi) is 40.1. The molecule has 0 aromatic heterocycles. The van der Waals surface area contributed by atoms with E-state index in [1.54, 1.807) is 41.5 Å². The summed E-state index contributed by atoms with van der Waals surface area (Å²) in [7, 11) is 0. The zero-order valence-corrected chi connectivity index (χ0v) is 68.2. The number of benzene rings is 4. The number of ether oxygens (including phenoxy) is 7. The van der Waals surface area contributed by atoms with Crippen molar-refractivity contribution in [1.82, 2.24) is 47.9 Å². The van der Waals surface area contributed by atoms with Crippen LogP contribution >= 0.6 is 0 Å². The summed E-state index contributed by atoms with van der Waals surface area (Å²) < 4.78 is 38.6. The van der Waals surface area contributed by atoms with E-state index in [4.69, 9.17) is 33.2 Å². The molecular weight excluding hydrogens is 1460 g/mol. The molecule has 114 heavy (non-hydrogen) atoms. The van der Waals surface area contributed by atoms with E-state index in [-0.39, 0.29) is 129 Å². The average Bonchev–Trinajstić information content (AvgIpc) is 1.62. The Bertz CT molecular complexity index is 3690. The smallest absolute Gasteiger partial charge is 0.408 e. The Balaban J connectivity index is 1.05. The van der Waals surface area contributed by atoms with Crippen LogP contribution in [-0.2, 0) is 71.5 Å². The highest BCUT2D eigenvalue weighted by atomic mass is 16.6. The van der Waals surface area contributed by atoms with Crippen LogP contribution in [0.25, 0.3) is 22.3 Å². The number of carbonyl (C=O) groups is 12. The molecule has 4 aromatic rings. The molecule has 0 spiro atoms. The number of alkyl carbamates (subject to hydrolysis) is 4. The van der Waals surface area contributed by atoms with E-state index < -0.39 is 113 Å². The van der Waals surface area contributed by atoms with Crippen LogP contribution < -0.4 is 47.9 Å². The van der Waals surface area contributed by atoms with Crippen molar-refractivity contribution in [3.63, 3.8) is 0 Å². The second-order valence-corrected chi connectivity index (χ2v) is 30.8. The lowest BCUT2D eigenvalue weighted by atomic mass is 9.98. The van der Waals surface area contributed by atoms with Crippen LogP contribution in [0.1, 0.15) is 244 Å². The average molecular weight is 1590 g/mol. The molecule has 2 aliphatic carbocycles. The second-order valence-electron chi connectivity index (χ2n) is 30.8. The normalized spacial score (nSPS) is 13.4. The molecule has 0 bridgehead atoms. The molecule has 0 aliphatic heterocycles. The quantitative estimate of drug-likeness (QED) is 0.0113. The molecule has 28 nitrogen and oxygen atoms in total. The molecule has 2 aliphatic rings. The highest BCUT2D eigenvalue weighted by Crippen LogP contribution is 2.46. The van der Waals surface area contributed by atoms with Gasteiger partial charge in [0.15, 0.2) is 0 Å². The van der Waals surface area contributed by atoms with Gasteiger partial charge in [0.2, 0.25) is 29.5 Å². The summed E-state index contributed by atoms with van der Waals surface area (Å²) in [6, 6.07) is 26.3. The number of unbranched alkanes of at least 4 members (excludes halogenated alkanes) is 8. The van der Waals surface area contributed by atoms with Gasteiger partial charge in [-0.1, -0.05) is 144 Å². The Labute approximate surface area is 671 Å². The minimum atomic E-state index is -1.21. The summed E-state index contributed by atoms with van der Waals surface area (Å²) in [5.41, 5.74) is 6.91.